The van der Waals surface area contributed by atoms with Gasteiger partial charge in [-0.25, -0.2) is 13.6 Å². The summed E-state index contributed by atoms with van der Waals surface area (Å²) in [7, 11) is 0. The number of carbonyl (C=O) groups excluding carboxylic acids is 1. The van der Waals surface area contributed by atoms with E-state index in [0.29, 0.717) is 0 Å². The average molecular weight is 239 g/mol. The molecule has 1 aromatic carbocycles. The highest BCUT2D eigenvalue weighted by molar-refractivity contribution is 5.85. The van der Waals surface area contributed by atoms with Gasteiger partial charge in [-0.2, -0.15) is 5.10 Å². The van der Waals surface area contributed by atoms with E-state index >= 15 is 0 Å². The standard InChI is InChI=1S/C10H7F2N3O2/c11-6-1-3-7(4-2-6)17-10(16)14-9-8(12)5-13-15-9/h1-5H,(H2,13,14,15,16). The molecule has 17 heavy (non-hydrogen) atoms. The van der Waals surface area contributed by atoms with Gasteiger partial charge in [0.1, 0.15) is 11.6 Å². The van der Waals surface area contributed by atoms with Gasteiger partial charge in [-0.05, 0) is 24.3 Å². The lowest BCUT2D eigenvalue weighted by atomic mass is 10.3. The van der Waals surface area contributed by atoms with Crippen molar-refractivity contribution in [1.82, 2.24) is 10.2 Å². The second-order valence-electron chi connectivity index (χ2n) is 3.06. The number of aromatic amines is 1. The van der Waals surface area contributed by atoms with Crippen LogP contribution in [-0.4, -0.2) is 16.3 Å². The number of ether oxygens (including phenoxy) is 1. The molecule has 0 aliphatic carbocycles. The molecular formula is C10H7F2N3O2. The lowest BCUT2D eigenvalue weighted by molar-refractivity contribution is 0.215. The minimum atomic E-state index is -0.903. The van der Waals surface area contributed by atoms with Crippen LogP contribution >= 0.6 is 0 Å². The fraction of sp³-hybridized carbons (Fsp3) is 0. The number of carbonyl (C=O) groups is 1. The van der Waals surface area contributed by atoms with Crippen molar-refractivity contribution in [3.63, 3.8) is 0 Å². The fourth-order valence-electron chi connectivity index (χ4n) is 1.10. The van der Waals surface area contributed by atoms with E-state index in [1.165, 1.54) is 12.1 Å². The van der Waals surface area contributed by atoms with Gasteiger partial charge in [-0.1, -0.05) is 0 Å². The Kier molecular flexibility index (Phi) is 2.99. The van der Waals surface area contributed by atoms with E-state index in [2.05, 4.69) is 15.5 Å². The molecule has 0 radical (unpaired) electrons. The summed E-state index contributed by atoms with van der Waals surface area (Å²) in [6.45, 7) is 0. The molecule has 2 aromatic rings. The van der Waals surface area contributed by atoms with Gasteiger partial charge in [0, 0.05) is 0 Å². The summed E-state index contributed by atoms with van der Waals surface area (Å²) in [5.74, 6) is -1.21. The molecule has 0 aliphatic rings. The van der Waals surface area contributed by atoms with E-state index < -0.39 is 17.7 Å². The molecule has 0 atom stereocenters. The smallest absolute Gasteiger partial charge is 0.410 e. The topological polar surface area (TPSA) is 67.0 Å². The predicted octanol–water partition coefficient (Wildman–Crippen LogP) is 2.30. The van der Waals surface area contributed by atoms with Crippen LogP contribution in [0.2, 0.25) is 0 Å². The van der Waals surface area contributed by atoms with Crippen molar-refractivity contribution in [2.24, 2.45) is 0 Å². The first-order chi connectivity index (χ1) is 8.15. The number of nitrogens with one attached hydrogen (secondary N) is 2. The number of anilines is 1. The van der Waals surface area contributed by atoms with Crippen LogP contribution in [0.4, 0.5) is 19.4 Å². The Morgan fingerprint density at radius 2 is 2.00 bits per heavy atom. The summed E-state index contributed by atoms with van der Waals surface area (Å²) in [5.41, 5.74) is 0. The number of halogens is 2. The zero-order valence-electron chi connectivity index (χ0n) is 8.41. The molecule has 1 heterocycles. The quantitative estimate of drug-likeness (QED) is 0.844. The molecule has 0 aliphatic heterocycles. The Morgan fingerprint density at radius 1 is 1.29 bits per heavy atom. The Balaban J connectivity index is 1.98. The summed E-state index contributed by atoms with van der Waals surface area (Å²) in [5, 5.41) is 7.71. The number of rotatable bonds is 2. The summed E-state index contributed by atoms with van der Waals surface area (Å²) in [6.07, 6.45) is 0.00722. The number of H-pyrrole nitrogens is 1. The summed E-state index contributed by atoms with van der Waals surface area (Å²) in [6, 6.07) is 4.83. The lowest BCUT2D eigenvalue weighted by Gasteiger charge is -2.04. The number of hydrogen-bond acceptors (Lipinski definition) is 3. The average Bonchev–Trinajstić information content (AvgIpc) is 2.68. The molecule has 0 bridgehead atoms. The minimum absolute atomic E-state index is 0.142. The zero-order valence-corrected chi connectivity index (χ0v) is 8.41. The maximum Gasteiger partial charge on any atom is 0.418 e. The van der Waals surface area contributed by atoms with Crippen molar-refractivity contribution in [3.05, 3.63) is 42.1 Å². The van der Waals surface area contributed by atoms with Crippen molar-refractivity contribution in [3.8, 4) is 5.75 Å². The molecule has 0 unspecified atom stereocenters. The number of aromatic nitrogens is 2. The molecular weight excluding hydrogens is 232 g/mol. The van der Waals surface area contributed by atoms with Crippen LogP contribution in [0.25, 0.3) is 0 Å². The van der Waals surface area contributed by atoms with Gasteiger partial charge in [-0.15, -0.1) is 0 Å². The second-order valence-corrected chi connectivity index (χ2v) is 3.06. The summed E-state index contributed by atoms with van der Waals surface area (Å²) < 4.78 is 30.2. The number of amides is 1. The highest BCUT2D eigenvalue weighted by atomic mass is 19.1. The van der Waals surface area contributed by atoms with Crippen molar-refractivity contribution in [2.45, 2.75) is 0 Å². The van der Waals surface area contributed by atoms with Gasteiger partial charge in [-0.3, -0.25) is 10.4 Å². The van der Waals surface area contributed by atoms with E-state index in [9.17, 15) is 13.6 Å². The predicted molar refractivity (Wildman–Crippen MR) is 54.6 cm³/mol. The Labute approximate surface area is 94.4 Å². The zero-order chi connectivity index (χ0) is 12.3. The van der Waals surface area contributed by atoms with Crippen LogP contribution in [0.3, 0.4) is 0 Å². The maximum absolute atomic E-state index is 12.9. The van der Waals surface area contributed by atoms with Gasteiger partial charge >= 0.3 is 6.09 Å². The molecule has 2 N–H and O–H groups in total. The maximum atomic E-state index is 12.9. The van der Waals surface area contributed by atoms with Crippen molar-refractivity contribution in [2.75, 3.05) is 5.32 Å². The van der Waals surface area contributed by atoms with E-state index in [0.717, 1.165) is 18.3 Å². The third kappa shape index (κ3) is 2.77. The van der Waals surface area contributed by atoms with Crippen LogP contribution in [0.1, 0.15) is 0 Å². The molecule has 0 saturated carbocycles. The minimum Gasteiger partial charge on any atom is -0.410 e. The van der Waals surface area contributed by atoms with Gasteiger partial charge in [0.2, 0.25) is 0 Å². The van der Waals surface area contributed by atoms with Crippen LogP contribution < -0.4 is 10.1 Å². The van der Waals surface area contributed by atoms with Crippen LogP contribution in [0.15, 0.2) is 30.5 Å². The van der Waals surface area contributed by atoms with Gasteiger partial charge in [0.25, 0.3) is 0 Å². The Bertz CT molecular complexity index is 525. The van der Waals surface area contributed by atoms with E-state index in [-0.39, 0.29) is 11.6 Å². The molecule has 0 saturated heterocycles. The van der Waals surface area contributed by atoms with Gasteiger partial charge in [0.15, 0.2) is 11.6 Å². The Morgan fingerprint density at radius 3 is 2.59 bits per heavy atom. The first-order valence-electron chi connectivity index (χ1n) is 4.58. The Hall–Kier alpha value is -2.44. The highest BCUT2D eigenvalue weighted by Crippen LogP contribution is 2.13. The first kappa shape index (κ1) is 11.1. The molecule has 0 spiro atoms. The van der Waals surface area contributed by atoms with Crippen molar-refractivity contribution in [1.29, 1.82) is 0 Å². The van der Waals surface area contributed by atoms with E-state index in [4.69, 9.17) is 4.74 Å². The second kappa shape index (κ2) is 4.60. The third-order valence-corrected chi connectivity index (χ3v) is 1.84. The van der Waals surface area contributed by atoms with Crippen molar-refractivity contribution >= 4 is 11.9 Å². The molecule has 0 fully saturated rings. The fourth-order valence-corrected chi connectivity index (χ4v) is 1.10. The van der Waals surface area contributed by atoms with Crippen LogP contribution in [-0.2, 0) is 0 Å². The molecule has 1 aromatic heterocycles. The number of nitrogens with zero attached hydrogens (tertiary/aromatic N) is 1. The first-order valence-corrected chi connectivity index (χ1v) is 4.58. The normalized spacial score (nSPS) is 10.0. The molecule has 88 valence electrons. The molecule has 5 nitrogen and oxygen atoms in total. The number of hydrogen-bond donors (Lipinski definition) is 2. The molecule has 2 rings (SSSR count). The SMILES string of the molecule is O=C(Nc1[nH]ncc1F)Oc1ccc(F)cc1. The van der Waals surface area contributed by atoms with Crippen LogP contribution in [0, 0.1) is 11.6 Å². The summed E-state index contributed by atoms with van der Waals surface area (Å²) >= 11 is 0. The van der Waals surface area contributed by atoms with E-state index in [1.807, 2.05) is 0 Å². The summed E-state index contributed by atoms with van der Waals surface area (Å²) in [4.78, 5) is 11.3. The largest absolute Gasteiger partial charge is 0.418 e. The van der Waals surface area contributed by atoms with Crippen LogP contribution in [0.5, 0.6) is 5.75 Å². The molecule has 1 amide bonds. The monoisotopic (exact) mass is 239 g/mol. The molecule has 7 heteroatoms. The highest BCUT2D eigenvalue weighted by Gasteiger charge is 2.10. The van der Waals surface area contributed by atoms with Gasteiger partial charge in [0.05, 0.1) is 6.20 Å². The lowest BCUT2D eigenvalue weighted by Crippen LogP contribution is -2.17. The number of benzene rings is 1. The third-order valence-electron chi connectivity index (χ3n) is 1.84. The van der Waals surface area contributed by atoms with Crippen molar-refractivity contribution < 1.29 is 18.3 Å². The van der Waals surface area contributed by atoms with Gasteiger partial charge < -0.3 is 4.74 Å². The van der Waals surface area contributed by atoms with E-state index in [1.54, 1.807) is 0 Å².